The molecule has 18 heavy (non-hydrogen) atoms. The molecule has 0 saturated heterocycles. The molecule has 0 spiro atoms. The summed E-state index contributed by atoms with van der Waals surface area (Å²) in [7, 11) is 0. The molecular formula is C13H17BrF3N. The molecule has 0 amide bonds. The first-order valence-electron chi connectivity index (χ1n) is 5.98. The summed E-state index contributed by atoms with van der Waals surface area (Å²) >= 11 is 3.36. The van der Waals surface area contributed by atoms with Gasteiger partial charge in [-0.1, -0.05) is 35.0 Å². The SMILES string of the molecule is CCC(NCCCC(F)(F)F)c1ccc(Br)cc1. The van der Waals surface area contributed by atoms with E-state index in [1.807, 2.05) is 31.2 Å². The standard InChI is InChI=1S/C13H17BrF3N/c1-2-12(10-4-6-11(14)7-5-10)18-9-3-8-13(15,16)17/h4-7,12,18H,2-3,8-9H2,1H3. The number of halogens is 4. The smallest absolute Gasteiger partial charge is 0.310 e. The zero-order valence-corrected chi connectivity index (χ0v) is 11.8. The van der Waals surface area contributed by atoms with Crippen molar-refractivity contribution in [2.24, 2.45) is 0 Å². The Kier molecular flexibility index (Phi) is 6.15. The molecule has 0 saturated carbocycles. The van der Waals surface area contributed by atoms with Gasteiger partial charge >= 0.3 is 6.18 Å². The third kappa shape index (κ3) is 5.87. The van der Waals surface area contributed by atoms with Gasteiger partial charge in [0.05, 0.1) is 0 Å². The van der Waals surface area contributed by atoms with Crippen LogP contribution in [0.2, 0.25) is 0 Å². The highest BCUT2D eigenvalue weighted by Gasteiger charge is 2.26. The van der Waals surface area contributed by atoms with Gasteiger partial charge in [-0.2, -0.15) is 13.2 Å². The van der Waals surface area contributed by atoms with E-state index in [0.29, 0.717) is 6.54 Å². The molecular weight excluding hydrogens is 307 g/mol. The molecule has 0 aromatic heterocycles. The highest BCUT2D eigenvalue weighted by Crippen LogP contribution is 2.22. The van der Waals surface area contributed by atoms with E-state index in [1.165, 1.54) is 0 Å². The van der Waals surface area contributed by atoms with Crippen LogP contribution in [-0.4, -0.2) is 12.7 Å². The molecule has 0 bridgehead atoms. The van der Waals surface area contributed by atoms with Gasteiger partial charge in [-0.15, -0.1) is 0 Å². The van der Waals surface area contributed by atoms with E-state index in [4.69, 9.17) is 0 Å². The van der Waals surface area contributed by atoms with Crippen LogP contribution in [0.1, 0.15) is 37.8 Å². The van der Waals surface area contributed by atoms with Gasteiger partial charge in [0.15, 0.2) is 0 Å². The fraction of sp³-hybridized carbons (Fsp3) is 0.538. The second kappa shape index (κ2) is 7.14. The average molecular weight is 324 g/mol. The molecule has 0 radical (unpaired) electrons. The summed E-state index contributed by atoms with van der Waals surface area (Å²) in [6, 6.07) is 7.96. The third-order valence-corrected chi connectivity index (χ3v) is 3.24. The topological polar surface area (TPSA) is 12.0 Å². The number of hydrogen-bond donors (Lipinski definition) is 1. The third-order valence-electron chi connectivity index (χ3n) is 2.71. The van der Waals surface area contributed by atoms with E-state index in [-0.39, 0.29) is 12.5 Å². The summed E-state index contributed by atoms with van der Waals surface area (Å²) in [6.07, 6.45) is -3.80. The van der Waals surface area contributed by atoms with Crippen LogP contribution in [0.4, 0.5) is 13.2 Å². The van der Waals surface area contributed by atoms with Crippen molar-refractivity contribution in [1.29, 1.82) is 0 Å². The predicted octanol–water partition coefficient (Wildman–Crippen LogP) is 4.83. The minimum atomic E-state index is -4.05. The number of alkyl halides is 3. The minimum absolute atomic E-state index is 0.117. The lowest BCUT2D eigenvalue weighted by Gasteiger charge is -2.17. The van der Waals surface area contributed by atoms with Crippen molar-refractivity contribution in [3.63, 3.8) is 0 Å². The zero-order valence-electron chi connectivity index (χ0n) is 10.2. The highest BCUT2D eigenvalue weighted by atomic mass is 79.9. The summed E-state index contributed by atoms with van der Waals surface area (Å²) in [5.74, 6) is 0. The lowest BCUT2D eigenvalue weighted by Crippen LogP contribution is -2.23. The van der Waals surface area contributed by atoms with Crippen molar-refractivity contribution >= 4 is 15.9 Å². The van der Waals surface area contributed by atoms with Crippen molar-refractivity contribution < 1.29 is 13.2 Å². The average Bonchev–Trinajstić information content (AvgIpc) is 2.29. The summed E-state index contributed by atoms with van der Waals surface area (Å²) in [5, 5.41) is 3.16. The molecule has 1 aromatic carbocycles. The Morgan fingerprint density at radius 2 is 1.83 bits per heavy atom. The van der Waals surface area contributed by atoms with E-state index in [2.05, 4.69) is 21.2 Å². The molecule has 0 heterocycles. The van der Waals surface area contributed by atoms with Gasteiger partial charge in [0, 0.05) is 16.9 Å². The van der Waals surface area contributed by atoms with Gasteiger partial charge < -0.3 is 5.32 Å². The highest BCUT2D eigenvalue weighted by molar-refractivity contribution is 9.10. The minimum Gasteiger partial charge on any atom is -0.310 e. The molecule has 0 fully saturated rings. The van der Waals surface area contributed by atoms with Gasteiger partial charge in [-0.3, -0.25) is 0 Å². The molecule has 1 atom stereocenters. The molecule has 1 nitrogen and oxygen atoms in total. The van der Waals surface area contributed by atoms with Gasteiger partial charge in [-0.05, 0) is 37.1 Å². The van der Waals surface area contributed by atoms with Crippen molar-refractivity contribution in [2.45, 2.75) is 38.4 Å². The van der Waals surface area contributed by atoms with Gasteiger partial charge in [0.1, 0.15) is 0 Å². The van der Waals surface area contributed by atoms with Gasteiger partial charge in [0.2, 0.25) is 0 Å². The molecule has 102 valence electrons. The molecule has 0 aliphatic heterocycles. The number of benzene rings is 1. The lowest BCUT2D eigenvalue weighted by atomic mass is 10.0. The summed E-state index contributed by atoms with van der Waals surface area (Å²) in [4.78, 5) is 0. The van der Waals surface area contributed by atoms with Crippen molar-refractivity contribution in [2.75, 3.05) is 6.54 Å². The molecule has 5 heteroatoms. The van der Waals surface area contributed by atoms with Crippen LogP contribution < -0.4 is 5.32 Å². The van der Waals surface area contributed by atoms with Crippen LogP contribution in [0.25, 0.3) is 0 Å². The maximum Gasteiger partial charge on any atom is 0.389 e. The molecule has 0 aliphatic rings. The molecule has 1 aromatic rings. The van der Waals surface area contributed by atoms with E-state index in [0.717, 1.165) is 16.5 Å². The van der Waals surface area contributed by atoms with E-state index in [9.17, 15) is 13.2 Å². The van der Waals surface area contributed by atoms with Crippen molar-refractivity contribution in [3.8, 4) is 0 Å². The lowest BCUT2D eigenvalue weighted by molar-refractivity contribution is -0.135. The predicted molar refractivity (Wildman–Crippen MR) is 70.5 cm³/mol. The van der Waals surface area contributed by atoms with Crippen LogP contribution in [0, 0.1) is 0 Å². The molecule has 1 unspecified atom stereocenters. The first-order valence-corrected chi connectivity index (χ1v) is 6.77. The Labute approximate surface area is 114 Å². The molecule has 1 N–H and O–H groups in total. The molecule has 1 rings (SSSR count). The summed E-state index contributed by atoms with van der Waals surface area (Å²) in [5.41, 5.74) is 1.10. The monoisotopic (exact) mass is 323 g/mol. The van der Waals surface area contributed by atoms with Crippen LogP contribution in [-0.2, 0) is 0 Å². The second-order valence-electron chi connectivity index (χ2n) is 4.19. The van der Waals surface area contributed by atoms with Gasteiger partial charge in [0.25, 0.3) is 0 Å². The van der Waals surface area contributed by atoms with E-state index in [1.54, 1.807) is 0 Å². The fourth-order valence-electron chi connectivity index (χ4n) is 1.76. The number of nitrogens with one attached hydrogen (secondary N) is 1. The Balaban J connectivity index is 2.40. The maximum atomic E-state index is 12.0. The Morgan fingerprint density at radius 3 is 2.33 bits per heavy atom. The summed E-state index contributed by atoms with van der Waals surface area (Å²) < 4.78 is 37.0. The Bertz CT molecular complexity index is 348. The van der Waals surface area contributed by atoms with Crippen molar-refractivity contribution in [1.82, 2.24) is 5.32 Å². The van der Waals surface area contributed by atoms with Crippen molar-refractivity contribution in [3.05, 3.63) is 34.3 Å². The van der Waals surface area contributed by atoms with Crippen LogP contribution >= 0.6 is 15.9 Å². The first kappa shape index (κ1) is 15.5. The quantitative estimate of drug-likeness (QED) is 0.739. The molecule has 0 aliphatic carbocycles. The zero-order chi connectivity index (χ0) is 13.6. The van der Waals surface area contributed by atoms with Gasteiger partial charge in [-0.25, -0.2) is 0 Å². The van der Waals surface area contributed by atoms with E-state index >= 15 is 0 Å². The second-order valence-corrected chi connectivity index (χ2v) is 5.10. The largest absolute Gasteiger partial charge is 0.389 e. The maximum absolute atomic E-state index is 12.0. The first-order chi connectivity index (χ1) is 8.42. The number of rotatable bonds is 6. The van der Waals surface area contributed by atoms with Crippen LogP contribution in [0.15, 0.2) is 28.7 Å². The Morgan fingerprint density at radius 1 is 1.22 bits per heavy atom. The number of hydrogen-bond acceptors (Lipinski definition) is 1. The van der Waals surface area contributed by atoms with Crippen LogP contribution in [0.5, 0.6) is 0 Å². The van der Waals surface area contributed by atoms with E-state index < -0.39 is 12.6 Å². The fourth-order valence-corrected chi connectivity index (χ4v) is 2.02. The Hall–Kier alpha value is -0.550. The van der Waals surface area contributed by atoms with Crippen LogP contribution in [0.3, 0.4) is 0 Å². The summed E-state index contributed by atoms with van der Waals surface area (Å²) in [6.45, 7) is 2.40. The normalized spacial score (nSPS) is 13.6.